The molecular weight excluding hydrogens is 384 g/mol. The van der Waals surface area contributed by atoms with Gasteiger partial charge < -0.3 is 15.4 Å². The van der Waals surface area contributed by atoms with Crippen LogP contribution in [0.3, 0.4) is 0 Å². The van der Waals surface area contributed by atoms with Crippen LogP contribution in [-0.4, -0.2) is 12.2 Å². The summed E-state index contributed by atoms with van der Waals surface area (Å²) in [6, 6.07) is 16.2. The second-order valence-corrected chi connectivity index (χ2v) is 7.38. The van der Waals surface area contributed by atoms with Crippen LogP contribution in [-0.2, 0) is 0 Å². The Bertz CT molecular complexity index is 656. The summed E-state index contributed by atoms with van der Waals surface area (Å²) < 4.78 is 6.28. The van der Waals surface area contributed by atoms with Crippen molar-refractivity contribution in [3.8, 4) is 5.75 Å². The van der Waals surface area contributed by atoms with Crippen LogP contribution < -0.4 is 15.4 Å². The first-order valence-electron chi connectivity index (χ1n) is 7.95. The Morgan fingerprint density at radius 2 is 1.71 bits per heavy atom. The van der Waals surface area contributed by atoms with Crippen molar-refractivity contribution >= 4 is 38.9 Å². The molecular formula is C19H23BrN2OS. The van der Waals surface area contributed by atoms with Crippen LogP contribution in [0.25, 0.3) is 0 Å². The molecule has 24 heavy (non-hydrogen) atoms. The van der Waals surface area contributed by atoms with Crippen molar-refractivity contribution in [1.29, 1.82) is 0 Å². The zero-order chi connectivity index (χ0) is 17.5. The second kappa shape index (κ2) is 9.04. The van der Waals surface area contributed by atoms with Crippen molar-refractivity contribution in [2.24, 2.45) is 5.92 Å². The third kappa shape index (κ3) is 5.80. The summed E-state index contributed by atoms with van der Waals surface area (Å²) in [5.74, 6) is 1.41. The number of thiocarbonyl (C=S) groups is 1. The number of ether oxygens (including phenoxy) is 1. The number of hydrogen-bond donors (Lipinski definition) is 2. The van der Waals surface area contributed by atoms with Crippen molar-refractivity contribution in [2.45, 2.75) is 26.3 Å². The van der Waals surface area contributed by atoms with Crippen LogP contribution in [0, 0.1) is 5.92 Å². The highest BCUT2D eigenvalue weighted by Crippen LogP contribution is 2.24. The molecule has 0 aliphatic rings. The molecule has 128 valence electrons. The summed E-state index contributed by atoms with van der Waals surface area (Å²) in [5, 5.41) is 7.30. The van der Waals surface area contributed by atoms with Gasteiger partial charge in [0, 0.05) is 10.2 Å². The van der Waals surface area contributed by atoms with E-state index < -0.39 is 0 Å². The number of benzene rings is 2. The SMILES string of the molecule is COc1ccc([C@H](CC(C)C)NC(=S)Nc2ccc(Br)cc2)cc1. The summed E-state index contributed by atoms with van der Waals surface area (Å²) in [5.41, 5.74) is 2.16. The van der Waals surface area contributed by atoms with E-state index in [0.29, 0.717) is 11.0 Å². The Hall–Kier alpha value is -1.59. The van der Waals surface area contributed by atoms with Gasteiger partial charge in [-0.25, -0.2) is 0 Å². The lowest BCUT2D eigenvalue weighted by Crippen LogP contribution is -2.33. The molecule has 0 spiro atoms. The largest absolute Gasteiger partial charge is 0.497 e. The topological polar surface area (TPSA) is 33.3 Å². The first-order valence-corrected chi connectivity index (χ1v) is 9.15. The van der Waals surface area contributed by atoms with Crippen LogP contribution in [0.4, 0.5) is 5.69 Å². The molecule has 3 nitrogen and oxygen atoms in total. The molecule has 0 aliphatic carbocycles. The maximum Gasteiger partial charge on any atom is 0.171 e. The third-order valence-corrected chi connectivity index (χ3v) is 4.38. The summed E-state index contributed by atoms with van der Waals surface area (Å²) in [6.07, 6.45) is 0.995. The Balaban J connectivity index is 2.06. The van der Waals surface area contributed by atoms with E-state index in [-0.39, 0.29) is 6.04 Å². The zero-order valence-electron chi connectivity index (χ0n) is 14.2. The van der Waals surface area contributed by atoms with E-state index in [1.54, 1.807) is 7.11 Å². The van der Waals surface area contributed by atoms with Gasteiger partial charge in [0.1, 0.15) is 5.75 Å². The molecule has 2 aromatic rings. The number of rotatable bonds is 6. The standard InChI is InChI=1S/C19H23BrN2OS/c1-13(2)12-18(14-4-10-17(23-3)11-5-14)22-19(24)21-16-8-6-15(20)7-9-16/h4-11,13,18H,12H2,1-3H3,(H2,21,22,24)/t18-/m0/s1. The Kier molecular flexibility index (Phi) is 7.06. The quantitative estimate of drug-likeness (QED) is 0.617. The van der Waals surface area contributed by atoms with Crippen molar-refractivity contribution < 1.29 is 4.74 Å². The van der Waals surface area contributed by atoms with Gasteiger partial charge in [0.05, 0.1) is 13.2 Å². The van der Waals surface area contributed by atoms with Crippen molar-refractivity contribution in [1.82, 2.24) is 5.32 Å². The minimum atomic E-state index is 0.159. The molecule has 0 aliphatic heterocycles. The summed E-state index contributed by atoms with van der Waals surface area (Å²) >= 11 is 8.92. The van der Waals surface area contributed by atoms with Crippen LogP contribution >= 0.6 is 28.1 Å². The van der Waals surface area contributed by atoms with Gasteiger partial charge >= 0.3 is 0 Å². The molecule has 0 aromatic heterocycles. The van der Waals surface area contributed by atoms with Gasteiger partial charge in [0.15, 0.2) is 5.11 Å². The lowest BCUT2D eigenvalue weighted by Gasteiger charge is -2.23. The fraction of sp³-hybridized carbons (Fsp3) is 0.316. The fourth-order valence-electron chi connectivity index (χ4n) is 2.44. The smallest absolute Gasteiger partial charge is 0.171 e. The van der Waals surface area contributed by atoms with Gasteiger partial charge in [-0.05, 0) is 66.5 Å². The molecule has 2 rings (SSSR count). The van der Waals surface area contributed by atoms with E-state index in [2.05, 4.69) is 52.5 Å². The van der Waals surface area contributed by atoms with Crippen LogP contribution in [0.5, 0.6) is 5.75 Å². The minimum Gasteiger partial charge on any atom is -0.497 e. The number of methoxy groups -OCH3 is 1. The van der Waals surface area contributed by atoms with E-state index in [4.69, 9.17) is 17.0 Å². The Morgan fingerprint density at radius 3 is 2.25 bits per heavy atom. The minimum absolute atomic E-state index is 0.159. The number of nitrogens with one attached hydrogen (secondary N) is 2. The predicted octanol–water partition coefficient (Wildman–Crippen LogP) is 5.53. The van der Waals surface area contributed by atoms with Crippen molar-refractivity contribution in [2.75, 3.05) is 12.4 Å². The molecule has 1 atom stereocenters. The van der Waals surface area contributed by atoms with Crippen molar-refractivity contribution in [3.05, 3.63) is 58.6 Å². The monoisotopic (exact) mass is 406 g/mol. The highest BCUT2D eigenvalue weighted by atomic mass is 79.9. The molecule has 2 aromatic carbocycles. The lowest BCUT2D eigenvalue weighted by molar-refractivity contribution is 0.414. The van der Waals surface area contributed by atoms with Crippen LogP contribution in [0.1, 0.15) is 31.9 Å². The highest BCUT2D eigenvalue weighted by molar-refractivity contribution is 9.10. The molecule has 0 unspecified atom stereocenters. The molecule has 2 N–H and O–H groups in total. The van der Waals surface area contributed by atoms with Crippen LogP contribution in [0.15, 0.2) is 53.0 Å². The molecule has 0 amide bonds. The molecule has 5 heteroatoms. The van der Waals surface area contributed by atoms with E-state index in [1.165, 1.54) is 5.56 Å². The van der Waals surface area contributed by atoms with Gasteiger partial charge in [0.25, 0.3) is 0 Å². The normalized spacial score (nSPS) is 11.9. The van der Waals surface area contributed by atoms with E-state index in [0.717, 1.165) is 22.3 Å². The highest BCUT2D eigenvalue weighted by Gasteiger charge is 2.15. The molecule has 0 saturated carbocycles. The van der Waals surface area contributed by atoms with Crippen LogP contribution in [0.2, 0.25) is 0 Å². The van der Waals surface area contributed by atoms with E-state index >= 15 is 0 Å². The molecule has 0 radical (unpaired) electrons. The van der Waals surface area contributed by atoms with Gasteiger partial charge in [-0.3, -0.25) is 0 Å². The molecule has 0 heterocycles. The third-order valence-electron chi connectivity index (χ3n) is 3.63. The summed E-state index contributed by atoms with van der Waals surface area (Å²) in [6.45, 7) is 4.42. The van der Waals surface area contributed by atoms with Gasteiger partial charge in [-0.2, -0.15) is 0 Å². The van der Waals surface area contributed by atoms with Gasteiger partial charge in [-0.15, -0.1) is 0 Å². The maximum absolute atomic E-state index is 5.49. The number of hydrogen-bond acceptors (Lipinski definition) is 2. The fourth-order valence-corrected chi connectivity index (χ4v) is 2.97. The van der Waals surface area contributed by atoms with E-state index in [9.17, 15) is 0 Å². The second-order valence-electron chi connectivity index (χ2n) is 6.06. The average molecular weight is 407 g/mol. The first-order chi connectivity index (χ1) is 11.5. The number of anilines is 1. The van der Waals surface area contributed by atoms with Gasteiger partial charge in [-0.1, -0.05) is 41.9 Å². The Morgan fingerprint density at radius 1 is 1.08 bits per heavy atom. The maximum atomic E-state index is 5.49. The Labute approximate surface area is 157 Å². The number of halogens is 1. The summed E-state index contributed by atoms with van der Waals surface area (Å²) in [7, 11) is 1.68. The van der Waals surface area contributed by atoms with Gasteiger partial charge in [0.2, 0.25) is 0 Å². The zero-order valence-corrected chi connectivity index (χ0v) is 16.6. The first kappa shape index (κ1) is 18.7. The average Bonchev–Trinajstić information content (AvgIpc) is 2.56. The van der Waals surface area contributed by atoms with E-state index in [1.807, 2.05) is 36.4 Å². The molecule has 0 fully saturated rings. The summed E-state index contributed by atoms with van der Waals surface area (Å²) in [4.78, 5) is 0. The molecule has 0 bridgehead atoms. The predicted molar refractivity (Wildman–Crippen MR) is 109 cm³/mol. The lowest BCUT2D eigenvalue weighted by atomic mass is 9.97. The van der Waals surface area contributed by atoms with Crippen molar-refractivity contribution in [3.63, 3.8) is 0 Å². The molecule has 0 saturated heterocycles.